The third kappa shape index (κ3) is 3.42. The highest BCUT2D eigenvalue weighted by Crippen LogP contribution is 2.22. The zero-order valence-corrected chi connectivity index (χ0v) is 8.85. The highest BCUT2D eigenvalue weighted by atomic mass is 16.3. The van der Waals surface area contributed by atoms with E-state index in [4.69, 9.17) is 0 Å². The maximum absolute atomic E-state index is 9.85. The van der Waals surface area contributed by atoms with Crippen LogP contribution in [0.2, 0.25) is 0 Å². The first kappa shape index (κ1) is 11.1. The molecule has 0 saturated carbocycles. The van der Waals surface area contributed by atoms with Gasteiger partial charge in [-0.05, 0) is 18.4 Å². The van der Waals surface area contributed by atoms with Crippen molar-refractivity contribution in [3.63, 3.8) is 0 Å². The molecule has 0 radical (unpaired) electrons. The van der Waals surface area contributed by atoms with Gasteiger partial charge in [0.1, 0.15) is 0 Å². The summed E-state index contributed by atoms with van der Waals surface area (Å²) in [7, 11) is 0. The van der Waals surface area contributed by atoms with Gasteiger partial charge in [-0.15, -0.1) is 0 Å². The van der Waals surface area contributed by atoms with E-state index in [-0.39, 0.29) is 0 Å². The summed E-state index contributed by atoms with van der Waals surface area (Å²) in [6, 6.07) is 1.82. The highest BCUT2D eigenvalue weighted by Gasteiger charge is 2.11. The molecular weight excluding hydrogens is 176 g/mol. The molecule has 3 heteroatoms. The van der Waals surface area contributed by atoms with Crippen LogP contribution in [0.1, 0.15) is 44.8 Å². The van der Waals surface area contributed by atoms with Gasteiger partial charge in [-0.2, -0.15) is 10.2 Å². The van der Waals surface area contributed by atoms with Crippen LogP contribution >= 0.6 is 0 Å². The molecular formula is C11H18N2O. The van der Waals surface area contributed by atoms with E-state index in [1.165, 1.54) is 6.42 Å². The molecule has 78 valence electrons. The molecule has 0 saturated heterocycles. The normalized spacial score (nSPS) is 15.1. The van der Waals surface area contributed by atoms with Crippen LogP contribution in [0.15, 0.2) is 18.5 Å². The SMILES string of the molecule is CCCC(C)CC(O)c1ccnnc1. The molecule has 2 unspecified atom stereocenters. The predicted molar refractivity (Wildman–Crippen MR) is 55.7 cm³/mol. The smallest absolute Gasteiger partial charge is 0.0808 e. The molecule has 0 aliphatic rings. The third-order valence-corrected chi connectivity index (χ3v) is 2.40. The summed E-state index contributed by atoms with van der Waals surface area (Å²) in [6.07, 6.45) is 5.98. The first-order valence-corrected chi connectivity index (χ1v) is 5.18. The summed E-state index contributed by atoms with van der Waals surface area (Å²) in [5.74, 6) is 0.558. The molecule has 1 rings (SSSR count). The van der Waals surface area contributed by atoms with Crippen LogP contribution in [0.25, 0.3) is 0 Å². The minimum Gasteiger partial charge on any atom is -0.388 e. The zero-order valence-electron chi connectivity index (χ0n) is 8.85. The molecule has 1 aromatic heterocycles. The van der Waals surface area contributed by atoms with Gasteiger partial charge in [-0.25, -0.2) is 0 Å². The molecule has 2 atom stereocenters. The Morgan fingerprint density at radius 2 is 2.21 bits per heavy atom. The summed E-state index contributed by atoms with van der Waals surface area (Å²) in [5.41, 5.74) is 0.864. The molecule has 1 heterocycles. The summed E-state index contributed by atoms with van der Waals surface area (Å²) < 4.78 is 0. The van der Waals surface area contributed by atoms with Gasteiger partial charge >= 0.3 is 0 Å². The number of hydrogen-bond acceptors (Lipinski definition) is 3. The van der Waals surface area contributed by atoms with Gasteiger partial charge in [0.25, 0.3) is 0 Å². The Kier molecular flexibility index (Phi) is 4.53. The van der Waals surface area contributed by atoms with Crippen molar-refractivity contribution in [1.29, 1.82) is 0 Å². The van der Waals surface area contributed by atoms with E-state index in [9.17, 15) is 5.11 Å². The molecule has 0 amide bonds. The number of aliphatic hydroxyl groups is 1. The van der Waals surface area contributed by atoms with E-state index in [2.05, 4.69) is 24.0 Å². The standard InChI is InChI=1S/C11H18N2O/c1-3-4-9(2)7-11(14)10-5-6-12-13-8-10/h5-6,8-9,11,14H,3-4,7H2,1-2H3. The van der Waals surface area contributed by atoms with Gasteiger partial charge in [0.15, 0.2) is 0 Å². The molecule has 0 bridgehead atoms. The van der Waals surface area contributed by atoms with E-state index in [0.29, 0.717) is 5.92 Å². The minimum atomic E-state index is -0.396. The van der Waals surface area contributed by atoms with Crippen LogP contribution in [0, 0.1) is 5.92 Å². The van der Waals surface area contributed by atoms with Gasteiger partial charge in [-0.1, -0.05) is 26.7 Å². The number of rotatable bonds is 5. The fourth-order valence-electron chi connectivity index (χ4n) is 1.63. The Bertz CT molecular complexity index is 251. The molecule has 3 nitrogen and oxygen atoms in total. The number of hydrogen-bond donors (Lipinski definition) is 1. The lowest BCUT2D eigenvalue weighted by molar-refractivity contribution is 0.144. The fourth-order valence-corrected chi connectivity index (χ4v) is 1.63. The van der Waals surface area contributed by atoms with Crippen molar-refractivity contribution in [1.82, 2.24) is 10.2 Å². The lowest BCUT2D eigenvalue weighted by atomic mass is 9.96. The Morgan fingerprint density at radius 3 is 2.79 bits per heavy atom. The number of nitrogens with zero attached hydrogens (tertiary/aromatic N) is 2. The molecule has 0 fully saturated rings. The Labute approximate surface area is 85.2 Å². The number of aromatic nitrogens is 2. The maximum Gasteiger partial charge on any atom is 0.0808 e. The Hall–Kier alpha value is -0.960. The zero-order chi connectivity index (χ0) is 10.4. The van der Waals surface area contributed by atoms with Gasteiger partial charge in [0.05, 0.1) is 12.3 Å². The lowest BCUT2D eigenvalue weighted by Gasteiger charge is -2.15. The van der Waals surface area contributed by atoms with Crippen LogP contribution in [-0.4, -0.2) is 15.3 Å². The summed E-state index contributed by atoms with van der Waals surface area (Å²) in [5, 5.41) is 17.3. The maximum atomic E-state index is 9.85. The monoisotopic (exact) mass is 194 g/mol. The second-order valence-corrected chi connectivity index (χ2v) is 3.82. The van der Waals surface area contributed by atoms with Crippen molar-refractivity contribution >= 4 is 0 Å². The van der Waals surface area contributed by atoms with Gasteiger partial charge in [0.2, 0.25) is 0 Å². The van der Waals surface area contributed by atoms with Crippen LogP contribution in [-0.2, 0) is 0 Å². The van der Waals surface area contributed by atoms with Crippen molar-refractivity contribution in [2.45, 2.75) is 39.2 Å². The molecule has 0 aliphatic carbocycles. The first-order valence-electron chi connectivity index (χ1n) is 5.18. The van der Waals surface area contributed by atoms with Crippen molar-refractivity contribution < 1.29 is 5.11 Å². The van der Waals surface area contributed by atoms with E-state index < -0.39 is 6.10 Å². The van der Waals surface area contributed by atoms with Crippen molar-refractivity contribution in [3.8, 4) is 0 Å². The topological polar surface area (TPSA) is 46.0 Å². The fraction of sp³-hybridized carbons (Fsp3) is 0.636. The Balaban J connectivity index is 2.46. The molecule has 0 spiro atoms. The van der Waals surface area contributed by atoms with E-state index in [1.54, 1.807) is 12.4 Å². The van der Waals surface area contributed by atoms with Crippen molar-refractivity contribution in [2.75, 3.05) is 0 Å². The first-order chi connectivity index (χ1) is 6.74. The van der Waals surface area contributed by atoms with Gasteiger partial charge in [0, 0.05) is 11.8 Å². The largest absolute Gasteiger partial charge is 0.388 e. The summed E-state index contributed by atoms with van der Waals surface area (Å²) >= 11 is 0. The summed E-state index contributed by atoms with van der Waals surface area (Å²) in [4.78, 5) is 0. The molecule has 1 aromatic rings. The summed E-state index contributed by atoms with van der Waals surface area (Å²) in [6.45, 7) is 4.33. The van der Waals surface area contributed by atoms with Crippen LogP contribution < -0.4 is 0 Å². The average Bonchev–Trinajstić information content (AvgIpc) is 2.19. The van der Waals surface area contributed by atoms with E-state index in [0.717, 1.165) is 18.4 Å². The molecule has 14 heavy (non-hydrogen) atoms. The van der Waals surface area contributed by atoms with E-state index in [1.807, 2.05) is 6.07 Å². The van der Waals surface area contributed by atoms with Gasteiger partial charge in [-0.3, -0.25) is 0 Å². The lowest BCUT2D eigenvalue weighted by Crippen LogP contribution is -2.04. The van der Waals surface area contributed by atoms with Gasteiger partial charge < -0.3 is 5.11 Å². The van der Waals surface area contributed by atoms with E-state index >= 15 is 0 Å². The Morgan fingerprint density at radius 1 is 1.43 bits per heavy atom. The predicted octanol–water partition coefficient (Wildman–Crippen LogP) is 2.34. The quantitative estimate of drug-likeness (QED) is 0.782. The second kappa shape index (κ2) is 5.70. The second-order valence-electron chi connectivity index (χ2n) is 3.82. The van der Waals surface area contributed by atoms with Crippen LogP contribution in [0.3, 0.4) is 0 Å². The highest BCUT2D eigenvalue weighted by molar-refractivity contribution is 5.08. The van der Waals surface area contributed by atoms with Crippen molar-refractivity contribution in [3.05, 3.63) is 24.0 Å². The van der Waals surface area contributed by atoms with Crippen LogP contribution in [0.5, 0.6) is 0 Å². The average molecular weight is 194 g/mol. The van der Waals surface area contributed by atoms with Crippen molar-refractivity contribution in [2.24, 2.45) is 5.92 Å². The molecule has 1 N–H and O–H groups in total. The minimum absolute atomic E-state index is 0.396. The number of aliphatic hydroxyl groups excluding tert-OH is 1. The molecule has 0 aromatic carbocycles. The van der Waals surface area contributed by atoms with Crippen LogP contribution in [0.4, 0.5) is 0 Å². The third-order valence-electron chi connectivity index (χ3n) is 2.40. The molecule has 0 aliphatic heterocycles.